The molecule has 2 aromatic rings. The van der Waals surface area contributed by atoms with Crippen molar-refractivity contribution in [2.24, 2.45) is 4.99 Å². The van der Waals surface area contributed by atoms with Crippen LogP contribution in [0.2, 0.25) is 0 Å². The lowest BCUT2D eigenvalue weighted by Gasteiger charge is -2.11. The molecule has 0 aliphatic carbocycles. The van der Waals surface area contributed by atoms with Gasteiger partial charge in [0.25, 0.3) is 5.91 Å². The number of thioether (sulfide) groups is 1. The van der Waals surface area contributed by atoms with Gasteiger partial charge in [0.15, 0.2) is 22.5 Å². The molecule has 6 nitrogen and oxygen atoms in total. The van der Waals surface area contributed by atoms with E-state index < -0.39 is 0 Å². The average molecular weight is 355 g/mol. The van der Waals surface area contributed by atoms with Crippen molar-refractivity contribution in [2.45, 2.75) is 6.92 Å². The maximum absolute atomic E-state index is 12.6. The van der Waals surface area contributed by atoms with Crippen molar-refractivity contribution >= 4 is 34.7 Å². The fourth-order valence-corrected chi connectivity index (χ4v) is 3.37. The van der Waals surface area contributed by atoms with Gasteiger partial charge >= 0.3 is 0 Å². The van der Waals surface area contributed by atoms with E-state index in [0.717, 1.165) is 5.56 Å². The summed E-state index contributed by atoms with van der Waals surface area (Å²) in [6.07, 6.45) is 3.43. The summed E-state index contributed by atoms with van der Waals surface area (Å²) in [5.74, 6) is 0.875. The van der Waals surface area contributed by atoms with Crippen molar-refractivity contribution in [1.82, 2.24) is 9.88 Å². The van der Waals surface area contributed by atoms with Crippen LogP contribution in [0.4, 0.5) is 5.82 Å². The van der Waals surface area contributed by atoms with Crippen molar-refractivity contribution in [3.63, 3.8) is 0 Å². The highest BCUT2D eigenvalue weighted by atomic mass is 32.2. The number of nitrogens with zero attached hydrogens (tertiary/aromatic N) is 3. The van der Waals surface area contributed by atoms with Crippen molar-refractivity contribution < 1.29 is 14.6 Å². The number of phenols is 1. The molecule has 0 unspecified atom stereocenters. The Kier molecular flexibility index (Phi) is 5.04. The van der Waals surface area contributed by atoms with E-state index >= 15 is 0 Å². The second kappa shape index (κ2) is 7.40. The van der Waals surface area contributed by atoms with Gasteiger partial charge in [-0.2, -0.15) is 0 Å². The topological polar surface area (TPSA) is 75.0 Å². The highest BCUT2D eigenvalue weighted by Crippen LogP contribution is 2.35. The Hall–Kier alpha value is -2.80. The average Bonchev–Trinajstić information content (AvgIpc) is 2.92. The number of amidine groups is 1. The van der Waals surface area contributed by atoms with E-state index in [-0.39, 0.29) is 11.7 Å². The van der Waals surface area contributed by atoms with E-state index in [1.807, 2.05) is 19.1 Å². The van der Waals surface area contributed by atoms with Gasteiger partial charge < -0.3 is 9.84 Å². The van der Waals surface area contributed by atoms with Crippen LogP contribution in [0.1, 0.15) is 12.5 Å². The van der Waals surface area contributed by atoms with Gasteiger partial charge in [0.05, 0.1) is 12.0 Å². The SMILES string of the molecule is CCN1C(=O)/C(=C/c2ccc(O)c(OC)c2)S/C1=N/c1ccccn1. The number of hydrogen-bond acceptors (Lipinski definition) is 6. The zero-order valence-electron chi connectivity index (χ0n) is 13.8. The molecular weight excluding hydrogens is 338 g/mol. The maximum Gasteiger partial charge on any atom is 0.266 e. The molecular formula is C18H17N3O3S. The summed E-state index contributed by atoms with van der Waals surface area (Å²) in [6.45, 7) is 2.42. The number of phenolic OH excluding ortho intramolecular Hbond substituents is 1. The number of likely N-dealkylation sites (N-methyl/N-ethyl adjacent to an activating group) is 1. The third-order valence-electron chi connectivity index (χ3n) is 3.57. The van der Waals surface area contributed by atoms with Gasteiger partial charge in [-0.1, -0.05) is 12.1 Å². The van der Waals surface area contributed by atoms with Gasteiger partial charge in [0, 0.05) is 12.7 Å². The number of hydrogen-bond donors (Lipinski definition) is 1. The molecule has 1 aliphatic rings. The number of aliphatic imine (C=N–C) groups is 1. The van der Waals surface area contributed by atoms with Gasteiger partial charge in [-0.05, 0) is 54.6 Å². The molecule has 3 rings (SSSR count). The van der Waals surface area contributed by atoms with E-state index in [0.29, 0.717) is 28.2 Å². The molecule has 1 saturated heterocycles. The monoisotopic (exact) mass is 355 g/mol. The number of ether oxygens (including phenoxy) is 1. The minimum absolute atomic E-state index is 0.0580. The summed E-state index contributed by atoms with van der Waals surface area (Å²) in [5, 5.41) is 10.3. The van der Waals surface area contributed by atoms with Crippen LogP contribution in [0.15, 0.2) is 52.5 Å². The first-order chi connectivity index (χ1) is 12.1. The number of benzene rings is 1. The van der Waals surface area contributed by atoms with Gasteiger partial charge in [-0.15, -0.1) is 0 Å². The first kappa shape index (κ1) is 17.0. The van der Waals surface area contributed by atoms with Crippen molar-refractivity contribution in [3.05, 3.63) is 53.1 Å². The Bertz CT molecular complexity index is 850. The number of aromatic nitrogens is 1. The summed E-state index contributed by atoms with van der Waals surface area (Å²) in [7, 11) is 1.48. The fraction of sp³-hybridized carbons (Fsp3) is 0.167. The fourth-order valence-electron chi connectivity index (χ4n) is 2.32. The Morgan fingerprint density at radius 2 is 2.20 bits per heavy atom. The number of carbonyl (C=O) groups is 1. The Labute approximate surface area is 149 Å². The lowest BCUT2D eigenvalue weighted by Crippen LogP contribution is -2.28. The first-order valence-electron chi connectivity index (χ1n) is 7.70. The van der Waals surface area contributed by atoms with Crippen LogP contribution in [0.25, 0.3) is 6.08 Å². The quantitative estimate of drug-likeness (QED) is 0.851. The Balaban J connectivity index is 1.93. The van der Waals surface area contributed by atoms with Crippen molar-refractivity contribution in [3.8, 4) is 11.5 Å². The minimum atomic E-state index is -0.103. The summed E-state index contributed by atoms with van der Waals surface area (Å²) in [5.41, 5.74) is 0.764. The number of pyridine rings is 1. The van der Waals surface area contributed by atoms with Crippen molar-refractivity contribution in [1.29, 1.82) is 0 Å². The maximum atomic E-state index is 12.6. The zero-order valence-corrected chi connectivity index (χ0v) is 14.7. The molecule has 1 aromatic carbocycles. The van der Waals surface area contributed by atoms with Gasteiger partial charge in [0.1, 0.15) is 0 Å². The smallest absolute Gasteiger partial charge is 0.266 e. The Morgan fingerprint density at radius 3 is 2.88 bits per heavy atom. The molecule has 0 bridgehead atoms. The van der Waals surface area contributed by atoms with Crippen LogP contribution in [0.5, 0.6) is 11.5 Å². The summed E-state index contributed by atoms with van der Waals surface area (Å²) in [6, 6.07) is 10.4. The zero-order chi connectivity index (χ0) is 17.8. The van der Waals surface area contributed by atoms with E-state index in [4.69, 9.17) is 4.74 Å². The number of methoxy groups -OCH3 is 1. The summed E-state index contributed by atoms with van der Waals surface area (Å²) in [4.78, 5) is 23.4. The molecule has 1 aromatic heterocycles. The second-order valence-electron chi connectivity index (χ2n) is 5.17. The highest BCUT2D eigenvalue weighted by Gasteiger charge is 2.32. The number of amides is 1. The molecule has 0 radical (unpaired) electrons. The standard InChI is InChI=1S/C18H17N3O3S/c1-3-21-17(23)15(11-12-7-8-13(22)14(10-12)24-2)25-18(21)20-16-6-4-5-9-19-16/h4-11,22H,3H2,1-2H3/b15-11-,20-18+. The molecule has 1 amide bonds. The normalized spacial score (nSPS) is 17.5. The van der Waals surface area contributed by atoms with E-state index in [9.17, 15) is 9.90 Å². The van der Waals surface area contributed by atoms with Crippen LogP contribution in [-0.2, 0) is 4.79 Å². The van der Waals surface area contributed by atoms with Gasteiger partial charge in [-0.25, -0.2) is 9.98 Å². The van der Waals surface area contributed by atoms with Crippen LogP contribution in [0.3, 0.4) is 0 Å². The molecule has 0 spiro atoms. The lowest BCUT2D eigenvalue weighted by atomic mass is 10.2. The Morgan fingerprint density at radius 1 is 1.36 bits per heavy atom. The lowest BCUT2D eigenvalue weighted by molar-refractivity contribution is -0.122. The second-order valence-corrected chi connectivity index (χ2v) is 6.18. The molecule has 0 atom stereocenters. The van der Waals surface area contributed by atoms with E-state index in [1.54, 1.807) is 35.4 Å². The molecule has 2 heterocycles. The van der Waals surface area contributed by atoms with Crippen LogP contribution in [-0.4, -0.2) is 39.7 Å². The van der Waals surface area contributed by atoms with Gasteiger partial charge in [-0.3, -0.25) is 9.69 Å². The molecule has 7 heteroatoms. The molecule has 1 fully saturated rings. The van der Waals surface area contributed by atoms with Gasteiger partial charge in [0.2, 0.25) is 0 Å². The third-order valence-corrected chi connectivity index (χ3v) is 4.57. The van der Waals surface area contributed by atoms with Crippen LogP contribution >= 0.6 is 11.8 Å². The van der Waals surface area contributed by atoms with Crippen LogP contribution < -0.4 is 4.74 Å². The third kappa shape index (κ3) is 3.66. The van der Waals surface area contributed by atoms with Crippen LogP contribution in [0, 0.1) is 0 Å². The van der Waals surface area contributed by atoms with E-state index in [1.165, 1.54) is 24.9 Å². The predicted molar refractivity (Wildman–Crippen MR) is 98.9 cm³/mol. The highest BCUT2D eigenvalue weighted by molar-refractivity contribution is 8.18. The minimum Gasteiger partial charge on any atom is -0.504 e. The molecule has 25 heavy (non-hydrogen) atoms. The summed E-state index contributed by atoms with van der Waals surface area (Å²) >= 11 is 1.30. The summed E-state index contributed by atoms with van der Waals surface area (Å²) < 4.78 is 5.11. The molecule has 1 N–H and O–H groups in total. The molecule has 128 valence electrons. The van der Waals surface area contributed by atoms with Crippen molar-refractivity contribution in [2.75, 3.05) is 13.7 Å². The molecule has 1 aliphatic heterocycles. The number of rotatable bonds is 4. The molecule has 0 saturated carbocycles. The largest absolute Gasteiger partial charge is 0.504 e. The van der Waals surface area contributed by atoms with E-state index in [2.05, 4.69) is 9.98 Å². The first-order valence-corrected chi connectivity index (χ1v) is 8.52. The number of aromatic hydroxyl groups is 1. The predicted octanol–water partition coefficient (Wildman–Crippen LogP) is 3.42. The number of carbonyl (C=O) groups excluding carboxylic acids is 1.